The fourth-order valence-electron chi connectivity index (χ4n) is 4.38. The molecular formula is C32H32N4O. The number of fused-ring (bicyclic) bond motifs is 1. The molecule has 186 valence electrons. The van der Waals surface area contributed by atoms with Crippen molar-refractivity contribution in [3.63, 3.8) is 0 Å². The van der Waals surface area contributed by atoms with E-state index in [4.69, 9.17) is 10.1 Å². The second-order valence-electron chi connectivity index (χ2n) is 10.4. The van der Waals surface area contributed by atoms with Gasteiger partial charge in [0, 0.05) is 30.1 Å². The maximum absolute atomic E-state index is 14.3. The highest BCUT2D eigenvalue weighted by Gasteiger charge is 2.25. The largest absolute Gasteiger partial charge is 0.333 e. The molecule has 5 nitrogen and oxygen atoms in total. The van der Waals surface area contributed by atoms with Crippen LogP contribution >= 0.6 is 0 Å². The van der Waals surface area contributed by atoms with Gasteiger partial charge in [-0.2, -0.15) is 5.10 Å². The summed E-state index contributed by atoms with van der Waals surface area (Å²) in [6.45, 7) is 7.47. The summed E-state index contributed by atoms with van der Waals surface area (Å²) in [4.78, 5) is 21.1. The third-order valence-corrected chi connectivity index (χ3v) is 6.50. The van der Waals surface area contributed by atoms with E-state index in [-0.39, 0.29) is 11.3 Å². The van der Waals surface area contributed by atoms with E-state index in [0.29, 0.717) is 24.4 Å². The Morgan fingerprint density at radius 1 is 0.811 bits per heavy atom. The first kappa shape index (κ1) is 24.4. The SMILES string of the molecule is CC(C)(C)c1cc2nc(-c3ccccc3)cc(C(=O)N(CCc3ccccc3)Cc3ccccc3)n2n1. The van der Waals surface area contributed by atoms with Gasteiger partial charge in [0.05, 0.1) is 11.4 Å². The Morgan fingerprint density at radius 2 is 1.41 bits per heavy atom. The minimum atomic E-state index is -0.169. The van der Waals surface area contributed by atoms with E-state index in [1.807, 2.05) is 83.8 Å². The van der Waals surface area contributed by atoms with Crippen LogP contribution in [0, 0.1) is 0 Å². The van der Waals surface area contributed by atoms with Gasteiger partial charge in [-0.1, -0.05) is 112 Å². The molecule has 2 heterocycles. The molecule has 0 aliphatic heterocycles. The third kappa shape index (κ3) is 5.61. The van der Waals surface area contributed by atoms with Crippen molar-refractivity contribution >= 4 is 11.6 Å². The van der Waals surface area contributed by atoms with Gasteiger partial charge >= 0.3 is 0 Å². The zero-order valence-corrected chi connectivity index (χ0v) is 21.6. The molecule has 2 aromatic heterocycles. The number of hydrogen-bond acceptors (Lipinski definition) is 3. The first-order valence-corrected chi connectivity index (χ1v) is 12.7. The van der Waals surface area contributed by atoms with Crippen LogP contribution in [0.5, 0.6) is 0 Å². The van der Waals surface area contributed by atoms with Crippen LogP contribution in [0.4, 0.5) is 0 Å². The molecule has 0 atom stereocenters. The Hall–Kier alpha value is -4.25. The Morgan fingerprint density at radius 3 is 2.03 bits per heavy atom. The van der Waals surface area contributed by atoms with Gasteiger partial charge in [0.25, 0.3) is 5.91 Å². The lowest BCUT2D eigenvalue weighted by atomic mass is 9.93. The van der Waals surface area contributed by atoms with Crippen molar-refractivity contribution in [3.8, 4) is 11.3 Å². The van der Waals surface area contributed by atoms with Crippen LogP contribution < -0.4 is 0 Å². The number of benzene rings is 3. The second kappa shape index (κ2) is 10.4. The summed E-state index contributed by atoms with van der Waals surface area (Å²) < 4.78 is 1.72. The van der Waals surface area contributed by atoms with Crippen molar-refractivity contribution < 1.29 is 4.79 Å². The Kier molecular flexibility index (Phi) is 6.87. The molecule has 0 aliphatic rings. The molecule has 5 rings (SSSR count). The first-order valence-electron chi connectivity index (χ1n) is 12.7. The van der Waals surface area contributed by atoms with E-state index in [1.54, 1.807) is 4.52 Å². The summed E-state index contributed by atoms with van der Waals surface area (Å²) in [5.74, 6) is -0.0621. The van der Waals surface area contributed by atoms with Crippen molar-refractivity contribution in [3.05, 3.63) is 126 Å². The van der Waals surface area contributed by atoms with Crippen LogP contribution in [0.15, 0.2) is 103 Å². The monoisotopic (exact) mass is 488 g/mol. The van der Waals surface area contributed by atoms with Gasteiger partial charge in [-0.15, -0.1) is 0 Å². The molecule has 1 amide bonds. The number of hydrogen-bond donors (Lipinski definition) is 0. The molecule has 3 aromatic carbocycles. The summed E-state index contributed by atoms with van der Waals surface area (Å²) in [5, 5.41) is 4.85. The summed E-state index contributed by atoms with van der Waals surface area (Å²) >= 11 is 0. The van der Waals surface area contributed by atoms with Crippen LogP contribution in [-0.2, 0) is 18.4 Å². The highest BCUT2D eigenvalue weighted by Crippen LogP contribution is 2.26. The van der Waals surface area contributed by atoms with Crippen LogP contribution in [0.1, 0.15) is 48.1 Å². The summed E-state index contributed by atoms with van der Waals surface area (Å²) in [7, 11) is 0. The quantitative estimate of drug-likeness (QED) is 0.260. The number of amides is 1. The highest BCUT2D eigenvalue weighted by atomic mass is 16.2. The predicted octanol–water partition coefficient (Wildman–Crippen LogP) is 6.58. The van der Waals surface area contributed by atoms with Gasteiger partial charge in [0.15, 0.2) is 5.65 Å². The molecule has 0 N–H and O–H groups in total. The highest BCUT2D eigenvalue weighted by molar-refractivity contribution is 5.94. The van der Waals surface area contributed by atoms with E-state index in [9.17, 15) is 4.79 Å². The molecular weight excluding hydrogens is 456 g/mol. The summed E-state index contributed by atoms with van der Waals surface area (Å²) in [6, 6.07) is 34.3. The molecule has 0 aliphatic carbocycles. The molecule has 0 bridgehead atoms. The lowest BCUT2D eigenvalue weighted by Gasteiger charge is -2.24. The van der Waals surface area contributed by atoms with E-state index in [0.717, 1.165) is 28.9 Å². The van der Waals surface area contributed by atoms with Crippen molar-refractivity contribution in [2.45, 2.75) is 39.2 Å². The smallest absolute Gasteiger partial charge is 0.272 e. The molecule has 0 radical (unpaired) electrons. The predicted molar refractivity (Wildman–Crippen MR) is 148 cm³/mol. The zero-order valence-electron chi connectivity index (χ0n) is 21.6. The standard InChI is InChI=1S/C32H32N4O/c1-32(2,3)29-22-30-33-27(26-17-11-6-12-18-26)21-28(36(30)34-29)31(37)35(23-25-15-9-5-10-16-25)20-19-24-13-7-4-8-14-24/h4-18,21-22H,19-20,23H2,1-3H3. The van der Waals surface area contributed by atoms with Gasteiger partial charge in [-0.25, -0.2) is 9.50 Å². The number of carbonyl (C=O) groups is 1. The van der Waals surface area contributed by atoms with Crippen LogP contribution in [-0.4, -0.2) is 31.9 Å². The Bertz CT molecular complexity index is 1490. The lowest BCUT2D eigenvalue weighted by Crippen LogP contribution is -2.34. The molecule has 0 saturated carbocycles. The molecule has 0 unspecified atom stereocenters. The number of nitrogens with zero attached hydrogens (tertiary/aromatic N) is 4. The normalized spacial score (nSPS) is 11.5. The average Bonchev–Trinajstić information content (AvgIpc) is 3.37. The summed E-state index contributed by atoms with van der Waals surface area (Å²) in [5.41, 5.74) is 5.95. The van der Waals surface area contributed by atoms with Gasteiger partial charge in [-0.3, -0.25) is 4.79 Å². The maximum Gasteiger partial charge on any atom is 0.272 e. The number of rotatable bonds is 7. The first-order chi connectivity index (χ1) is 17.9. The lowest BCUT2D eigenvalue weighted by molar-refractivity contribution is 0.0736. The van der Waals surface area contributed by atoms with Crippen LogP contribution in [0.2, 0.25) is 0 Å². The van der Waals surface area contributed by atoms with E-state index in [1.165, 1.54) is 5.56 Å². The fourth-order valence-corrected chi connectivity index (χ4v) is 4.38. The van der Waals surface area contributed by atoms with Gasteiger partial charge < -0.3 is 4.90 Å². The van der Waals surface area contributed by atoms with Crippen LogP contribution in [0.3, 0.4) is 0 Å². The molecule has 5 heteroatoms. The zero-order chi connectivity index (χ0) is 25.8. The van der Waals surface area contributed by atoms with Crippen molar-refractivity contribution in [2.75, 3.05) is 6.54 Å². The molecule has 5 aromatic rings. The van der Waals surface area contributed by atoms with E-state index in [2.05, 4.69) is 45.0 Å². The van der Waals surface area contributed by atoms with Crippen molar-refractivity contribution in [2.24, 2.45) is 0 Å². The van der Waals surface area contributed by atoms with E-state index >= 15 is 0 Å². The minimum Gasteiger partial charge on any atom is -0.333 e. The van der Waals surface area contributed by atoms with Crippen LogP contribution in [0.25, 0.3) is 16.9 Å². The maximum atomic E-state index is 14.3. The Balaban J connectivity index is 1.59. The topological polar surface area (TPSA) is 50.5 Å². The summed E-state index contributed by atoms with van der Waals surface area (Å²) in [6.07, 6.45) is 0.769. The third-order valence-electron chi connectivity index (χ3n) is 6.50. The number of aromatic nitrogens is 3. The number of carbonyl (C=O) groups excluding carboxylic acids is 1. The van der Waals surface area contributed by atoms with Gasteiger partial charge in [-0.05, 0) is 23.6 Å². The average molecular weight is 489 g/mol. The minimum absolute atomic E-state index is 0.0621. The Labute approximate surface area is 218 Å². The van der Waals surface area contributed by atoms with Crippen molar-refractivity contribution in [1.82, 2.24) is 19.5 Å². The van der Waals surface area contributed by atoms with Gasteiger partial charge in [0.2, 0.25) is 0 Å². The van der Waals surface area contributed by atoms with Gasteiger partial charge in [0.1, 0.15) is 5.69 Å². The molecule has 0 spiro atoms. The van der Waals surface area contributed by atoms with E-state index < -0.39 is 0 Å². The second-order valence-corrected chi connectivity index (χ2v) is 10.4. The fraction of sp³-hybridized carbons (Fsp3) is 0.219. The molecule has 37 heavy (non-hydrogen) atoms. The molecule has 0 fully saturated rings. The molecule has 0 saturated heterocycles. The van der Waals surface area contributed by atoms with Crippen molar-refractivity contribution in [1.29, 1.82) is 0 Å².